The first-order chi connectivity index (χ1) is 13.2. The van der Waals surface area contributed by atoms with Gasteiger partial charge in [0.05, 0.1) is 0 Å². The monoisotopic (exact) mass is 354 g/mol. The number of hydrogen-bond donors (Lipinski definition) is 1. The van der Waals surface area contributed by atoms with Crippen LogP contribution in [0.25, 0.3) is 28.2 Å². The predicted molar refractivity (Wildman–Crippen MR) is 107 cm³/mol. The van der Waals surface area contributed by atoms with Crippen LogP contribution in [0.1, 0.15) is 11.1 Å². The average Bonchev–Trinajstić information content (AvgIpc) is 3.23. The quantitative estimate of drug-likeness (QED) is 0.556. The molecule has 0 saturated carbocycles. The van der Waals surface area contributed by atoms with Crippen molar-refractivity contribution in [3.63, 3.8) is 0 Å². The lowest BCUT2D eigenvalue weighted by Gasteiger charge is -2.05. The van der Waals surface area contributed by atoms with E-state index in [1.807, 2.05) is 42.1 Å². The van der Waals surface area contributed by atoms with E-state index in [0.717, 1.165) is 44.8 Å². The zero-order valence-corrected chi connectivity index (χ0v) is 14.9. The number of nitrogens with zero attached hydrogens (tertiary/aromatic N) is 2. The topological polar surface area (TPSA) is 47.3 Å². The molecule has 1 aliphatic rings. The Hall–Kier alpha value is -3.53. The molecule has 3 heterocycles. The third-order valence-corrected chi connectivity index (χ3v) is 4.94. The molecule has 4 aromatic rings. The number of ether oxygens (including phenoxy) is 1. The minimum atomic E-state index is 0.263. The molecule has 1 N–H and O–H groups in total. The molecule has 132 valence electrons. The summed E-state index contributed by atoms with van der Waals surface area (Å²) in [5.41, 5.74) is 5.34. The van der Waals surface area contributed by atoms with Crippen molar-refractivity contribution in [1.82, 2.24) is 9.55 Å². The molecule has 0 atom stereocenters. The van der Waals surface area contributed by atoms with Crippen molar-refractivity contribution in [3.8, 4) is 22.6 Å². The Labute approximate surface area is 157 Å². The molecule has 5 rings (SSSR count). The van der Waals surface area contributed by atoms with E-state index in [2.05, 4.69) is 35.5 Å². The molecular weight excluding hydrogens is 336 g/mol. The van der Waals surface area contributed by atoms with Gasteiger partial charge < -0.3 is 14.4 Å². The summed E-state index contributed by atoms with van der Waals surface area (Å²) in [4.78, 5) is 4.57. The fraction of sp³-hybridized carbons (Fsp3) is 0.0870. The van der Waals surface area contributed by atoms with E-state index < -0.39 is 0 Å². The Morgan fingerprint density at radius 3 is 2.81 bits per heavy atom. The Morgan fingerprint density at radius 1 is 1.11 bits per heavy atom. The summed E-state index contributed by atoms with van der Waals surface area (Å²) >= 11 is 0. The summed E-state index contributed by atoms with van der Waals surface area (Å²) in [6.45, 7) is 0. The van der Waals surface area contributed by atoms with Crippen LogP contribution in [0.2, 0.25) is 0 Å². The molecular formula is C23H18N2O2. The van der Waals surface area contributed by atoms with E-state index in [1.54, 1.807) is 12.1 Å². The standard InChI is InChI=1S/C23H18N2O2/c1-25-14-17(13-19-12-16-11-18(26)7-8-21(16)27-19)22-20(9-10-24-23(22)25)15-5-3-2-4-6-15/h2-11,13-14,26H,12H2,1H3. The van der Waals surface area contributed by atoms with Gasteiger partial charge in [-0.2, -0.15) is 0 Å². The highest BCUT2D eigenvalue weighted by molar-refractivity contribution is 5.99. The first-order valence-corrected chi connectivity index (χ1v) is 8.89. The molecule has 0 radical (unpaired) electrons. The Balaban J connectivity index is 1.65. The predicted octanol–water partition coefficient (Wildman–Crippen LogP) is 4.92. The van der Waals surface area contributed by atoms with E-state index >= 15 is 0 Å². The Morgan fingerprint density at radius 2 is 1.96 bits per heavy atom. The molecule has 0 unspecified atom stereocenters. The molecule has 1 aliphatic heterocycles. The van der Waals surface area contributed by atoms with E-state index in [-0.39, 0.29) is 5.75 Å². The molecule has 0 fully saturated rings. The summed E-state index contributed by atoms with van der Waals surface area (Å²) in [7, 11) is 2.01. The smallest absolute Gasteiger partial charge is 0.140 e. The molecule has 0 spiro atoms. The number of fused-ring (bicyclic) bond motifs is 2. The second-order valence-electron chi connectivity index (χ2n) is 6.80. The Bertz CT molecular complexity index is 1190. The lowest BCUT2D eigenvalue weighted by atomic mass is 10.0. The minimum Gasteiger partial charge on any atom is -0.508 e. The molecule has 2 aromatic carbocycles. The van der Waals surface area contributed by atoms with Crippen LogP contribution in [0.15, 0.2) is 72.8 Å². The number of rotatable bonds is 2. The number of phenols is 1. The van der Waals surface area contributed by atoms with Crippen LogP contribution in [0.3, 0.4) is 0 Å². The van der Waals surface area contributed by atoms with Gasteiger partial charge in [-0.1, -0.05) is 30.3 Å². The maximum atomic E-state index is 9.69. The van der Waals surface area contributed by atoms with Gasteiger partial charge in [0.15, 0.2) is 0 Å². The molecule has 4 nitrogen and oxygen atoms in total. The fourth-order valence-corrected chi connectivity index (χ4v) is 3.73. The van der Waals surface area contributed by atoms with Crippen molar-refractivity contribution in [1.29, 1.82) is 0 Å². The van der Waals surface area contributed by atoms with Gasteiger partial charge in [-0.05, 0) is 41.5 Å². The second kappa shape index (κ2) is 6.02. The van der Waals surface area contributed by atoms with E-state index in [9.17, 15) is 5.11 Å². The van der Waals surface area contributed by atoms with Crippen LogP contribution in [-0.4, -0.2) is 14.7 Å². The summed E-state index contributed by atoms with van der Waals surface area (Å²) in [5.74, 6) is 1.94. The largest absolute Gasteiger partial charge is 0.508 e. The van der Waals surface area contributed by atoms with Crippen molar-refractivity contribution in [2.45, 2.75) is 6.42 Å². The maximum Gasteiger partial charge on any atom is 0.140 e. The first kappa shape index (κ1) is 15.7. The Kier molecular flexibility index (Phi) is 3.50. The van der Waals surface area contributed by atoms with Gasteiger partial charge in [-0.25, -0.2) is 4.98 Å². The molecule has 0 saturated heterocycles. The van der Waals surface area contributed by atoms with Gasteiger partial charge >= 0.3 is 0 Å². The van der Waals surface area contributed by atoms with Crippen molar-refractivity contribution in [2.75, 3.05) is 0 Å². The number of benzene rings is 2. The second-order valence-corrected chi connectivity index (χ2v) is 6.80. The highest BCUT2D eigenvalue weighted by Gasteiger charge is 2.19. The van der Waals surface area contributed by atoms with Crippen molar-refractivity contribution >= 4 is 17.1 Å². The maximum absolute atomic E-state index is 9.69. The summed E-state index contributed by atoms with van der Waals surface area (Å²) in [6, 6.07) is 17.6. The number of aryl methyl sites for hydroxylation is 1. The van der Waals surface area contributed by atoms with Crippen LogP contribution < -0.4 is 4.74 Å². The van der Waals surface area contributed by atoms with E-state index in [1.165, 1.54) is 0 Å². The summed E-state index contributed by atoms with van der Waals surface area (Å²) in [5, 5.41) is 10.8. The number of aromatic nitrogens is 2. The van der Waals surface area contributed by atoms with Gasteiger partial charge in [0.25, 0.3) is 0 Å². The van der Waals surface area contributed by atoms with Gasteiger partial charge in [-0.15, -0.1) is 0 Å². The molecule has 0 bridgehead atoms. The van der Waals surface area contributed by atoms with E-state index in [4.69, 9.17) is 4.74 Å². The van der Waals surface area contributed by atoms with Gasteiger partial charge in [0.2, 0.25) is 0 Å². The molecule has 2 aromatic heterocycles. The number of aromatic hydroxyl groups is 1. The van der Waals surface area contributed by atoms with Gasteiger partial charge in [0.1, 0.15) is 22.9 Å². The highest BCUT2D eigenvalue weighted by Crippen LogP contribution is 2.36. The summed E-state index contributed by atoms with van der Waals surface area (Å²) < 4.78 is 8.03. The van der Waals surface area contributed by atoms with Crippen molar-refractivity contribution < 1.29 is 9.84 Å². The zero-order valence-electron chi connectivity index (χ0n) is 14.9. The number of phenolic OH excluding ortho intramolecular Hbond substituents is 1. The lowest BCUT2D eigenvalue weighted by molar-refractivity contribution is 0.449. The van der Waals surface area contributed by atoms with Crippen LogP contribution >= 0.6 is 0 Å². The molecule has 27 heavy (non-hydrogen) atoms. The van der Waals surface area contributed by atoms with Gasteiger partial charge in [-0.3, -0.25) is 0 Å². The zero-order chi connectivity index (χ0) is 18.4. The summed E-state index contributed by atoms with van der Waals surface area (Å²) in [6.07, 6.45) is 6.68. The van der Waals surface area contributed by atoms with Crippen LogP contribution in [-0.2, 0) is 13.5 Å². The number of allylic oxidation sites excluding steroid dienone is 1. The normalized spacial score (nSPS) is 14.5. The third-order valence-electron chi connectivity index (χ3n) is 4.94. The minimum absolute atomic E-state index is 0.263. The molecule has 0 amide bonds. The van der Waals surface area contributed by atoms with Crippen LogP contribution in [0, 0.1) is 0 Å². The average molecular weight is 354 g/mol. The molecule has 4 heteroatoms. The SMILES string of the molecule is Cn1cc(C=C2Cc3cc(O)ccc3O2)c2c(-c3ccccc3)ccnc21. The van der Waals surface area contributed by atoms with E-state index in [0.29, 0.717) is 6.42 Å². The highest BCUT2D eigenvalue weighted by atomic mass is 16.5. The van der Waals surface area contributed by atoms with Crippen molar-refractivity contribution in [2.24, 2.45) is 7.05 Å². The number of hydrogen-bond acceptors (Lipinski definition) is 3. The lowest BCUT2D eigenvalue weighted by Crippen LogP contribution is -1.89. The third kappa shape index (κ3) is 2.66. The fourth-order valence-electron chi connectivity index (χ4n) is 3.73. The molecule has 0 aliphatic carbocycles. The first-order valence-electron chi connectivity index (χ1n) is 8.89. The van der Waals surface area contributed by atoms with Crippen molar-refractivity contribution in [3.05, 3.63) is 83.9 Å². The van der Waals surface area contributed by atoms with Gasteiger partial charge in [0, 0.05) is 42.4 Å². The van der Waals surface area contributed by atoms with Crippen LogP contribution in [0.5, 0.6) is 11.5 Å². The van der Waals surface area contributed by atoms with Crippen LogP contribution in [0.4, 0.5) is 0 Å². The number of pyridine rings is 1.